The van der Waals surface area contributed by atoms with Gasteiger partial charge in [0.2, 0.25) is 5.95 Å². The highest BCUT2D eigenvalue weighted by Gasteiger charge is 2.23. The molecule has 1 amide bonds. The number of aromatic nitrogens is 4. The molecule has 2 aromatic carbocycles. The number of rotatable bonds is 6. The van der Waals surface area contributed by atoms with Crippen LogP contribution >= 0.6 is 0 Å². The van der Waals surface area contributed by atoms with E-state index in [-0.39, 0.29) is 5.91 Å². The zero-order chi connectivity index (χ0) is 21.9. The number of benzene rings is 2. The standard InChI is InChI=1S/C25H22N6O/c1-16-2-9-21(29-24(32)19-7-5-18(6-8-19)17-3-4-17)12-23(16)31-25-28-11-10-22(30-25)20-13-26-15-27-14-20/h2,5-15,17H,3-4H2,1H3,(H,29,32)(H,28,30,31). The van der Waals surface area contributed by atoms with Gasteiger partial charge in [-0.25, -0.2) is 19.9 Å². The first-order valence-electron chi connectivity index (χ1n) is 10.5. The maximum absolute atomic E-state index is 12.7. The zero-order valence-corrected chi connectivity index (χ0v) is 17.6. The van der Waals surface area contributed by atoms with E-state index in [4.69, 9.17) is 0 Å². The third kappa shape index (κ3) is 4.46. The van der Waals surface area contributed by atoms with Crippen LogP contribution in [-0.2, 0) is 0 Å². The first-order chi connectivity index (χ1) is 15.7. The van der Waals surface area contributed by atoms with Crippen molar-refractivity contribution in [1.29, 1.82) is 0 Å². The van der Waals surface area contributed by atoms with Crippen LogP contribution < -0.4 is 10.6 Å². The van der Waals surface area contributed by atoms with Gasteiger partial charge in [0, 0.05) is 41.1 Å². The third-order valence-electron chi connectivity index (χ3n) is 5.48. The van der Waals surface area contributed by atoms with Crippen molar-refractivity contribution in [2.45, 2.75) is 25.7 Å². The minimum atomic E-state index is -0.135. The largest absolute Gasteiger partial charge is 0.324 e. The van der Waals surface area contributed by atoms with Gasteiger partial charge in [0.1, 0.15) is 6.33 Å². The van der Waals surface area contributed by atoms with Crippen molar-refractivity contribution >= 4 is 23.2 Å². The molecule has 158 valence electrons. The molecule has 2 heterocycles. The van der Waals surface area contributed by atoms with Gasteiger partial charge in [0.25, 0.3) is 5.91 Å². The molecule has 2 aromatic heterocycles. The zero-order valence-electron chi connectivity index (χ0n) is 17.6. The van der Waals surface area contributed by atoms with Crippen molar-refractivity contribution < 1.29 is 4.79 Å². The summed E-state index contributed by atoms with van der Waals surface area (Å²) < 4.78 is 0. The van der Waals surface area contributed by atoms with Gasteiger partial charge < -0.3 is 10.6 Å². The summed E-state index contributed by atoms with van der Waals surface area (Å²) in [6.45, 7) is 1.99. The first kappa shape index (κ1) is 19.8. The van der Waals surface area contributed by atoms with E-state index in [0.717, 1.165) is 22.5 Å². The van der Waals surface area contributed by atoms with E-state index < -0.39 is 0 Å². The normalized spacial score (nSPS) is 12.9. The Hall–Kier alpha value is -4.13. The molecule has 5 rings (SSSR count). The summed E-state index contributed by atoms with van der Waals surface area (Å²) in [4.78, 5) is 29.6. The second kappa shape index (κ2) is 8.55. The molecule has 1 saturated carbocycles. The summed E-state index contributed by atoms with van der Waals surface area (Å²) in [6, 6.07) is 15.4. The van der Waals surface area contributed by atoms with Crippen molar-refractivity contribution in [3.8, 4) is 11.3 Å². The molecule has 0 saturated heterocycles. The van der Waals surface area contributed by atoms with Crippen molar-refractivity contribution in [2.75, 3.05) is 10.6 Å². The van der Waals surface area contributed by atoms with E-state index >= 15 is 0 Å². The van der Waals surface area contributed by atoms with Crippen LogP contribution in [0.3, 0.4) is 0 Å². The van der Waals surface area contributed by atoms with Crippen molar-refractivity contribution in [3.63, 3.8) is 0 Å². The van der Waals surface area contributed by atoms with Gasteiger partial charge in [-0.05, 0) is 67.1 Å². The molecule has 0 atom stereocenters. The molecule has 0 radical (unpaired) electrons. The molecule has 2 N–H and O–H groups in total. The molecule has 0 bridgehead atoms. The molecule has 0 spiro atoms. The summed E-state index contributed by atoms with van der Waals surface area (Å²) in [7, 11) is 0. The fourth-order valence-electron chi connectivity index (χ4n) is 3.49. The van der Waals surface area contributed by atoms with E-state index in [1.807, 2.05) is 43.3 Å². The first-order valence-corrected chi connectivity index (χ1v) is 10.5. The number of nitrogens with zero attached hydrogens (tertiary/aromatic N) is 4. The molecule has 7 heteroatoms. The van der Waals surface area contributed by atoms with Crippen LogP contribution in [0.5, 0.6) is 0 Å². The van der Waals surface area contributed by atoms with Crippen molar-refractivity contribution in [1.82, 2.24) is 19.9 Å². The van der Waals surface area contributed by atoms with Crippen LogP contribution in [0.4, 0.5) is 17.3 Å². The predicted molar refractivity (Wildman–Crippen MR) is 124 cm³/mol. The van der Waals surface area contributed by atoms with Crippen LogP contribution in [0.15, 0.2) is 73.4 Å². The highest BCUT2D eigenvalue weighted by atomic mass is 16.1. The van der Waals surface area contributed by atoms with Crippen LogP contribution in [0, 0.1) is 6.92 Å². The lowest BCUT2D eigenvalue weighted by molar-refractivity contribution is 0.102. The monoisotopic (exact) mass is 422 g/mol. The second-order valence-corrected chi connectivity index (χ2v) is 7.90. The Morgan fingerprint density at radius 2 is 1.78 bits per heavy atom. The molecule has 0 unspecified atom stereocenters. The van der Waals surface area contributed by atoms with Crippen molar-refractivity contribution in [3.05, 3.63) is 90.1 Å². The lowest BCUT2D eigenvalue weighted by Gasteiger charge is -2.12. The number of hydrogen-bond acceptors (Lipinski definition) is 6. The fourth-order valence-corrected chi connectivity index (χ4v) is 3.49. The Bertz CT molecular complexity index is 1250. The number of carbonyl (C=O) groups excluding carboxylic acids is 1. The van der Waals surface area contributed by atoms with Gasteiger partial charge in [-0.1, -0.05) is 18.2 Å². The average Bonchev–Trinajstić information content (AvgIpc) is 3.68. The van der Waals surface area contributed by atoms with Crippen LogP contribution in [0.1, 0.15) is 40.2 Å². The third-order valence-corrected chi connectivity index (χ3v) is 5.48. The maximum atomic E-state index is 12.7. The second-order valence-electron chi connectivity index (χ2n) is 7.90. The molecule has 7 nitrogen and oxygen atoms in total. The molecule has 4 aromatic rings. The van der Waals surface area contributed by atoms with Gasteiger partial charge in [0.15, 0.2) is 0 Å². The SMILES string of the molecule is Cc1ccc(NC(=O)c2ccc(C3CC3)cc2)cc1Nc1nccc(-c2cncnc2)n1. The van der Waals surface area contributed by atoms with E-state index in [0.29, 0.717) is 23.1 Å². The van der Waals surface area contributed by atoms with Crippen LogP contribution in [0.2, 0.25) is 0 Å². The van der Waals surface area contributed by atoms with Gasteiger partial charge in [-0.2, -0.15) is 0 Å². The summed E-state index contributed by atoms with van der Waals surface area (Å²) in [6.07, 6.45) is 9.07. The van der Waals surface area contributed by atoms with Gasteiger partial charge in [-0.15, -0.1) is 0 Å². The quantitative estimate of drug-likeness (QED) is 0.448. The van der Waals surface area contributed by atoms with E-state index in [9.17, 15) is 4.79 Å². The van der Waals surface area contributed by atoms with E-state index in [1.165, 1.54) is 24.7 Å². The predicted octanol–water partition coefficient (Wildman–Crippen LogP) is 5.12. The van der Waals surface area contributed by atoms with Crippen molar-refractivity contribution in [2.24, 2.45) is 0 Å². The summed E-state index contributed by atoms with van der Waals surface area (Å²) in [5.41, 5.74) is 6.01. The number of aryl methyl sites for hydroxylation is 1. The number of nitrogens with one attached hydrogen (secondary N) is 2. The summed E-state index contributed by atoms with van der Waals surface area (Å²) in [5, 5.41) is 6.23. The number of anilines is 3. The lowest BCUT2D eigenvalue weighted by atomic mass is 10.1. The maximum Gasteiger partial charge on any atom is 0.255 e. The van der Waals surface area contributed by atoms with Crippen LogP contribution in [-0.4, -0.2) is 25.8 Å². The number of carbonyl (C=O) groups is 1. The van der Waals surface area contributed by atoms with E-state index in [2.05, 4.69) is 42.7 Å². The summed E-state index contributed by atoms with van der Waals surface area (Å²) in [5.74, 6) is 0.992. The Labute approximate surface area is 186 Å². The van der Waals surface area contributed by atoms with Gasteiger partial charge in [0.05, 0.1) is 5.69 Å². The molecule has 1 fully saturated rings. The minimum absolute atomic E-state index is 0.135. The number of amides is 1. The fraction of sp³-hybridized carbons (Fsp3) is 0.160. The lowest BCUT2D eigenvalue weighted by Crippen LogP contribution is -2.12. The van der Waals surface area contributed by atoms with Gasteiger partial charge >= 0.3 is 0 Å². The Morgan fingerprint density at radius 3 is 2.53 bits per heavy atom. The minimum Gasteiger partial charge on any atom is -0.324 e. The topological polar surface area (TPSA) is 92.7 Å². The van der Waals surface area contributed by atoms with Crippen LogP contribution in [0.25, 0.3) is 11.3 Å². The molecular weight excluding hydrogens is 400 g/mol. The highest BCUT2D eigenvalue weighted by Crippen LogP contribution is 2.39. The smallest absolute Gasteiger partial charge is 0.255 e. The van der Waals surface area contributed by atoms with E-state index in [1.54, 1.807) is 18.6 Å². The summed E-state index contributed by atoms with van der Waals surface area (Å²) >= 11 is 0. The Kier molecular flexibility index (Phi) is 5.29. The average molecular weight is 422 g/mol. The molecule has 1 aliphatic rings. The molecule has 32 heavy (non-hydrogen) atoms. The Morgan fingerprint density at radius 1 is 1.00 bits per heavy atom. The number of hydrogen-bond donors (Lipinski definition) is 2. The molecular formula is C25H22N6O. The highest BCUT2D eigenvalue weighted by molar-refractivity contribution is 6.04. The molecule has 1 aliphatic carbocycles. The molecule has 0 aliphatic heterocycles. The Balaban J connectivity index is 1.32. The van der Waals surface area contributed by atoms with Gasteiger partial charge in [-0.3, -0.25) is 4.79 Å².